The van der Waals surface area contributed by atoms with Crippen LogP contribution in [-0.4, -0.2) is 11.7 Å². The summed E-state index contributed by atoms with van der Waals surface area (Å²) >= 11 is 19.6. The van der Waals surface area contributed by atoms with Gasteiger partial charge in [0.05, 0.1) is 21.7 Å². The topological polar surface area (TPSA) is 66.1 Å². The zero-order valence-corrected chi connectivity index (χ0v) is 17.9. The molecule has 3 rings (SSSR count). The number of benzene rings is 3. The maximum atomic E-state index is 9.06. The Balaban J connectivity index is 1.67. The lowest BCUT2D eigenvalue weighted by atomic mass is 10.2. The first-order valence-corrected chi connectivity index (χ1v) is 10.2. The summed E-state index contributed by atoms with van der Waals surface area (Å²) in [5.74, 6) is 1.21. The molecule has 1 N–H and O–H groups in total. The molecule has 3 aromatic carbocycles. The minimum Gasteiger partial charge on any atom is -0.487 e. The zero-order valence-electron chi connectivity index (χ0n) is 14.8. The molecule has 0 amide bonds. The highest BCUT2D eigenvalue weighted by molar-refractivity contribution is 8.14. The van der Waals surface area contributed by atoms with Gasteiger partial charge in [0.25, 0.3) is 0 Å². The molecule has 0 bridgehead atoms. The number of hydrogen-bond donors (Lipinski definition) is 1. The number of thioether (sulfide) groups is 1. The summed E-state index contributed by atoms with van der Waals surface area (Å²) in [6, 6.07) is 18.9. The van der Waals surface area contributed by atoms with Crippen LogP contribution < -0.4 is 9.47 Å². The Morgan fingerprint density at radius 3 is 2.52 bits per heavy atom. The lowest BCUT2D eigenvalue weighted by molar-refractivity contribution is 0.375. The first kappa shape index (κ1) is 21.4. The smallest absolute Gasteiger partial charge is 0.149 e. The van der Waals surface area contributed by atoms with E-state index in [1.54, 1.807) is 36.4 Å². The van der Waals surface area contributed by atoms with Gasteiger partial charge in [-0.1, -0.05) is 58.7 Å². The minimum atomic E-state index is 0.0622. The molecule has 0 aliphatic heterocycles. The third-order valence-corrected chi connectivity index (χ3v) is 5.48. The Morgan fingerprint density at radius 1 is 0.966 bits per heavy atom. The van der Waals surface area contributed by atoms with Crippen LogP contribution in [0.25, 0.3) is 0 Å². The predicted molar refractivity (Wildman–Crippen MR) is 118 cm³/mol. The van der Waals surface area contributed by atoms with Crippen molar-refractivity contribution >= 4 is 51.6 Å². The molecule has 4 nitrogen and oxygen atoms in total. The van der Waals surface area contributed by atoms with Crippen molar-refractivity contribution in [1.29, 1.82) is 10.7 Å². The molecule has 3 aromatic rings. The Labute approximate surface area is 187 Å². The van der Waals surface area contributed by atoms with Gasteiger partial charge in [-0.25, -0.2) is 0 Å². The third kappa shape index (κ3) is 6.06. The normalized spacial score (nSPS) is 10.3. The van der Waals surface area contributed by atoms with Gasteiger partial charge in [-0.15, -0.1) is 0 Å². The number of hydrogen-bond acceptors (Lipinski definition) is 5. The number of ether oxygens (including phenoxy) is 2. The van der Waals surface area contributed by atoms with Crippen molar-refractivity contribution in [2.75, 3.05) is 6.61 Å². The molecule has 0 atom stereocenters. The fourth-order valence-electron chi connectivity index (χ4n) is 2.30. The summed E-state index contributed by atoms with van der Waals surface area (Å²) in [7, 11) is 0. The van der Waals surface area contributed by atoms with E-state index < -0.39 is 0 Å². The van der Waals surface area contributed by atoms with Crippen molar-refractivity contribution in [3.8, 4) is 23.3 Å². The molecule has 0 aliphatic rings. The molecule has 0 unspecified atom stereocenters. The zero-order chi connectivity index (χ0) is 20.8. The number of nitrogens with one attached hydrogen (secondary N) is 1. The summed E-state index contributed by atoms with van der Waals surface area (Å²) in [6.07, 6.45) is 0. The second-order valence-corrected chi connectivity index (χ2v) is 8.11. The SMILES string of the molecule is N#Cc1cc(Cl)cc(Oc2cc(OCC(=N)Sc3ccccc3Cl)ccc2Cl)c1. The van der Waals surface area contributed by atoms with E-state index >= 15 is 0 Å². The Bertz CT molecular complexity index is 1100. The second-order valence-electron chi connectivity index (χ2n) is 5.73. The summed E-state index contributed by atoms with van der Waals surface area (Å²) in [5, 5.41) is 18.8. The minimum absolute atomic E-state index is 0.0622. The summed E-state index contributed by atoms with van der Waals surface area (Å²) in [5.41, 5.74) is 0.376. The monoisotopic (exact) mass is 462 g/mol. The Hall–Kier alpha value is -2.36. The maximum absolute atomic E-state index is 9.06. The van der Waals surface area contributed by atoms with Crippen molar-refractivity contribution in [3.63, 3.8) is 0 Å². The van der Waals surface area contributed by atoms with E-state index in [2.05, 4.69) is 0 Å². The van der Waals surface area contributed by atoms with Gasteiger partial charge in [-0.2, -0.15) is 5.26 Å². The van der Waals surface area contributed by atoms with Crippen LogP contribution in [0.1, 0.15) is 5.56 Å². The van der Waals surface area contributed by atoms with Crippen LogP contribution in [0.5, 0.6) is 17.2 Å². The average molecular weight is 464 g/mol. The summed E-state index contributed by atoms with van der Waals surface area (Å²) in [4.78, 5) is 0.789. The fraction of sp³-hybridized carbons (Fsp3) is 0.0476. The van der Waals surface area contributed by atoms with Crippen LogP contribution in [0.4, 0.5) is 0 Å². The third-order valence-electron chi connectivity index (χ3n) is 3.57. The number of halogens is 3. The molecule has 146 valence electrons. The molecule has 0 spiro atoms. The molecule has 0 fully saturated rings. The van der Waals surface area contributed by atoms with Crippen LogP contribution in [0, 0.1) is 16.7 Å². The Kier molecular flexibility index (Phi) is 7.29. The van der Waals surface area contributed by atoms with E-state index in [-0.39, 0.29) is 6.61 Å². The van der Waals surface area contributed by atoms with Gasteiger partial charge in [0, 0.05) is 16.0 Å². The average Bonchev–Trinajstić information content (AvgIpc) is 2.70. The van der Waals surface area contributed by atoms with Gasteiger partial charge < -0.3 is 9.47 Å². The van der Waals surface area contributed by atoms with Crippen LogP contribution in [0.2, 0.25) is 15.1 Å². The van der Waals surface area contributed by atoms with E-state index in [1.807, 2.05) is 24.3 Å². The molecule has 8 heteroatoms. The van der Waals surface area contributed by atoms with E-state index in [9.17, 15) is 0 Å². The van der Waals surface area contributed by atoms with Crippen LogP contribution >= 0.6 is 46.6 Å². The molecular weight excluding hydrogens is 451 g/mol. The maximum Gasteiger partial charge on any atom is 0.149 e. The predicted octanol–water partition coefficient (Wildman–Crippen LogP) is 7.46. The molecule has 0 radical (unpaired) electrons. The van der Waals surface area contributed by atoms with Gasteiger partial charge in [-0.3, -0.25) is 5.41 Å². The van der Waals surface area contributed by atoms with Gasteiger partial charge in [0.15, 0.2) is 0 Å². The lowest BCUT2D eigenvalue weighted by Gasteiger charge is -2.12. The van der Waals surface area contributed by atoms with E-state index in [1.165, 1.54) is 17.8 Å². The fourth-order valence-corrected chi connectivity index (χ4v) is 3.63. The van der Waals surface area contributed by atoms with Gasteiger partial charge in [0.2, 0.25) is 0 Å². The highest BCUT2D eigenvalue weighted by atomic mass is 35.5. The first-order chi connectivity index (χ1) is 13.9. The van der Waals surface area contributed by atoms with E-state index in [4.69, 9.17) is 54.9 Å². The van der Waals surface area contributed by atoms with Crippen LogP contribution in [-0.2, 0) is 0 Å². The standard InChI is InChI=1S/C21H13Cl3N2O2S/c22-14-7-13(11-25)8-16(9-14)28-19-10-15(5-6-17(19)23)27-12-21(26)29-20-4-2-1-3-18(20)24/h1-10,26H,12H2. The highest BCUT2D eigenvalue weighted by Gasteiger charge is 2.10. The van der Waals surface area contributed by atoms with Gasteiger partial charge in [-0.05, 0) is 42.5 Å². The second kappa shape index (κ2) is 9.91. The van der Waals surface area contributed by atoms with Crippen molar-refractivity contribution in [1.82, 2.24) is 0 Å². The summed E-state index contributed by atoms with van der Waals surface area (Å²) < 4.78 is 11.4. The lowest BCUT2D eigenvalue weighted by Crippen LogP contribution is -2.06. The van der Waals surface area contributed by atoms with Crippen LogP contribution in [0.15, 0.2) is 65.6 Å². The molecule has 0 saturated heterocycles. The van der Waals surface area contributed by atoms with Crippen molar-refractivity contribution in [3.05, 3.63) is 81.3 Å². The molecule has 0 saturated carbocycles. The van der Waals surface area contributed by atoms with Crippen molar-refractivity contribution in [2.45, 2.75) is 4.90 Å². The first-order valence-electron chi connectivity index (χ1n) is 8.25. The molecule has 0 heterocycles. The van der Waals surface area contributed by atoms with Gasteiger partial charge in [0.1, 0.15) is 28.9 Å². The molecular formula is C21H13Cl3N2O2S. The quantitative estimate of drug-likeness (QED) is 0.234. The molecule has 0 aliphatic carbocycles. The van der Waals surface area contributed by atoms with Crippen LogP contribution in [0.3, 0.4) is 0 Å². The largest absolute Gasteiger partial charge is 0.487 e. The van der Waals surface area contributed by atoms with E-state index in [0.29, 0.717) is 42.9 Å². The highest BCUT2D eigenvalue weighted by Crippen LogP contribution is 2.34. The number of nitriles is 1. The van der Waals surface area contributed by atoms with E-state index in [0.717, 1.165) is 4.90 Å². The number of rotatable bonds is 6. The Morgan fingerprint density at radius 2 is 1.76 bits per heavy atom. The number of nitrogens with zero attached hydrogens (tertiary/aromatic N) is 1. The summed E-state index contributed by atoms with van der Waals surface area (Å²) in [6.45, 7) is 0.0622. The van der Waals surface area contributed by atoms with Gasteiger partial charge >= 0.3 is 0 Å². The molecule has 0 aromatic heterocycles. The van der Waals surface area contributed by atoms with Crippen molar-refractivity contribution < 1.29 is 9.47 Å². The molecule has 29 heavy (non-hydrogen) atoms. The van der Waals surface area contributed by atoms with Crippen molar-refractivity contribution in [2.24, 2.45) is 0 Å².